The van der Waals surface area contributed by atoms with Gasteiger partial charge in [-0.25, -0.2) is 0 Å². The summed E-state index contributed by atoms with van der Waals surface area (Å²) in [4.78, 5) is 0. The predicted molar refractivity (Wildman–Crippen MR) is 59.1 cm³/mol. The van der Waals surface area contributed by atoms with E-state index in [1.165, 1.54) is 5.56 Å². The number of hydrogen-bond donors (Lipinski definition) is 0. The molecule has 1 aliphatic rings. The third-order valence-electron chi connectivity index (χ3n) is 2.56. The monoisotopic (exact) mass is 210 g/mol. The van der Waals surface area contributed by atoms with Gasteiger partial charge in [-0.05, 0) is 26.8 Å². The summed E-state index contributed by atoms with van der Waals surface area (Å²) in [5.74, 6) is 0.937. The molecule has 1 heterocycles. The molecule has 1 aromatic carbocycles. The highest BCUT2D eigenvalue weighted by Gasteiger charge is 2.32. The van der Waals surface area contributed by atoms with Crippen LogP contribution in [0.25, 0.3) is 0 Å². The van der Waals surface area contributed by atoms with E-state index in [-0.39, 0.29) is 11.0 Å². The summed E-state index contributed by atoms with van der Waals surface area (Å²) in [6, 6.07) is 6.19. The van der Waals surface area contributed by atoms with Gasteiger partial charge in [-0.2, -0.15) is 0 Å². The van der Waals surface area contributed by atoms with Crippen LogP contribution in [-0.2, 0) is 0 Å². The Morgan fingerprint density at radius 2 is 2.14 bits per heavy atom. The number of rotatable bonds is 0. The van der Waals surface area contributed by atoms with Crippen LogP contribution in [0.2, 0.25) is 0 Å². The van der Waals surface area contributed by atoms with Crippen LogP contribution >= 0.6 is 11.6 Å². The van der Waals surface area contributed by atoms with Crippen molar-refractivity contribution in [3.05, 3.63) is 29.3 Å². The normalized spacial score (nSPS) is 23.9. The minimum absolute atomic E-state index is 0.0775. The average Bonchev–Trinajstić information content (AvgIpc) is 2.05. The third-order valence-corrected chi connectivity index (χ3v) is 2.95. The zero-order valence-corrected chi connectivity index (χ0v) is 9.56. The average molecular weight is 211 g/mol. The first-order valence-electron chi connectivity index (χ1n) is 4.91. The second kappa shape index (κ2) is 3.16. The van der Waals surface area contributed by atoms with E-state index in [4.69, 9.17) is 16.3 Å². The number of halogens is 1. The standard InChI is InChI=1S/C12H15ClO/c1-8-4-5-11-9(6-8)10(13)7-12(2,3)14-11/h4-6,10H,7H2,1-3H3. The van der Waals surface area contributed by atoms with Crippen molar-refractivity contribution >= 4 is 11.6 Å². The van der Waals surface area contributed by atoms with Crippen LogP contribution < -0.4 is 4.74 Å². The molecule has 0 aromatic heterocycles. The Kier molecular flexibility index (Phi) is 2.23. The van der Waals surface area contributed by atoms with E-state index in [9.17, 15) is 0 Å². The van der Waals surface area contributed by atoms with E-state index >= 15 is 0 Å². The van der Waals surface area contributed by atoms with Gasteiger partial charge in [-0.15, -0.1) is 11.6 Å². The summed E-state index contributed by atoms with van der Waals surface area (Å²) in [5, 5.41) is 0.0775. The Balaban J connectivity index is 2.45. The number of aryl methyl sites for hydroxylation is 1. The summed E-state index contributed by atoms with van der Waals surface area (Å²) < 4.78 is 5.86. The predicted octanol–water partition coefficient (Wildman–Crippen LogP) is 3.84. The molecule has 1 nitrogen and oxygen atoms in total. The van der Waals surface area contributed by atoms with E-state index in [0.29, 0.717) is 0 Å². The molecule has 0 N–H and O–H groups in total. The molecule has 1 aliphatic heterocycles. The van der Waals surface area contributed by atoms with E-state index in [0.717, 1.165) is 17.7 Å². The number of fused-ring (bicyclic) bond motifs is 1. The maximum atomic E-state index is 6.32. The minimum atomic E-state index is -0.144. The molecule has 14 heavy (non-hydrogen) atoms. The van der Waals surface area contributed by atoms with Crippen LogP contribution in [-0.4, -0.2) is 5.60 Å². The van der Waals surface area contributed by atoms with Crippen molar-refractivity contribution in [2.24, 2.45) is 0 Å². The van der Waals surface area contributed by atoms with E-state index < -0.39 is 0 Å². The summed E-state index contributed by atoms with van der Waals surface area (Å²) in [5.41, 5.74) is 2.22. The van der Waals surface area contributed by atoms with Crippen LogP contribution in [0.1, 0.15) is 36.8 Å². The van der Waals surface area contributed by atoms with Crippen molar-refractivity contribution in [2.45, 2.75) is 38.2 Å². The maximum Gasteiger partial charge on any atom is 0.124 e. The first kappa shape index (κ1) is 9.85. The van der Waals surface area contributed by atoms with Crippen molar-refractivity contribution in [2.75, 3.05) is 0 Å². The number of hydrogen-bond acceptors (Lipinski definition) is 1. The van der Waals surface area contributed by atoms with Crippen molar-refractivity contribution in [3.8, 4) is 5.75 Å². The maximum absolute atomic E-state index is 6.32. The lowest BCUT2D eigenvalue weighted by Gasteiger charge is -2.35. The molecule has 1 atom stereocenters. The Morgan fingerprint density at radius 3 is 2.86 bits per heavy atom. The molecule has 0 aliphatic carbocycles. The van der Waals surface area contributed by atoms with Crippen molar-refractivity contribution in [1.29, 1.82) is 0 Å². The lowest BCUT2D eigenvalue weighted by atomic mass is 9.93. The van der Waals surface area contributed by atoms with Gasteiger partial charge in [0.1, 0.15) is 11.4 Å². The van der Waals surface area contributed by atoms with Gasteiger partial charge in [0.2, 0.25) is 0 Å². The van der Waals surface area contributed by atoms with Crippen molar-refractivity contribution < 1.29 is 4.74 Å². The Labute approximate surface area is 90.0 Å². The third kappa shape index (κ3) is 1.74. The molecule has 0 radical (unpaired) electrons. The molecule has 0 saturated carbocycles. The minimum Gasteiger partial charge on any atom is -0.487 e. The highest BCUT2D eigenvalue weighted by molar-refractivity contribution is 6.21. The number of benzene rings is 1. The van der Waals surface area contributed by atoms with Crippen LogP contribution in [0.15, 0.2) is 18.2 Å². The van der Waals surface area contributed by atoms with Crippen molar-refractivity contribution in [3.63, 3.8) is 0 Å². The summed E-state index contributed by atoms with van der Waals surface area (Å²) >= 11 is 6.32. The lowest BCUT2D eigenvalue weighted by Crippen LogP contribution is -2.33. The first-order chi connectivity index (χ1) is 6.48. The highest BCUT2D eigenvalue weighted by Crippen LogP contribution is 2.42. The highest BCUT2D eigenvalue weighted by atomic mass is 35.5. The summed E-state index contributed by atoms with van der Waals surface area (Å²) in [7, 11) is 0. The fraction of sp³-hybridized carbons (Fsp3) is 0.500. The van der Waals surface area contributed by atoms with Gasteiger partial charge in [-0.1, -0.05) is 17.7 Å². The van der Waals surface area contributed by atoms with Crippen LogP contribution in [0, 0.1) is 6.92 Å². The molecule has 0 spiro atoms. The van der Waals surface area contributed by atoms with Gasteiger partial charge >= 0.3 is 0 Å². The molecule has 76 valence electrons. The van der Waals surface area contributed by atoms with E-state index in [1.54, 1.807) is 0 Å². The molecular formula is C12H15ClO. The second-order valence-electron chi connectivity index (χ2n) is 4.57. The molecular weight excluding hydrogens is 196 g/mol. The summed E-state index contributed by atoms with van der Waals surface area (Å²) in [6.45, 7) is 6.22. The quantitative estimate of drug-likeness (QED) is 0.592. The molecule has 0 amide bonds. The topological polar surface area (TPSA) is 9.23 Å². The lowest BCUT2D eigenvalue weighted by molar-refractivity contribution is 0.0825. The smallest absolute Gasteiger partial charge is 0.124 e. The number of alkyl halides is 1. The zero-order valence-electron chi connectivity index (χ0n) is 8.80. The fourth-order valence-corrected chi connectivity index (χ4v) is 2.43. The Bertz CT molecular complexity index is 357. The van der Waals surface area contributed by atoms with Gasteiger partial charge in [0.15, 0.2) is 0 Å². The van der Waals surface area contributed by atoms with Gasteiger partial charge in [0.25, 0.3) is 0 Å². The van der Waals surface area contributed by atoms with Gasteiger partial charge in [0, 0.05) is 12.0 Å². The van der Waals surface area contributed by atoms with Gasteiger partial charge < -0.3 is 4.74 Å². The zero-order chi connectivity index (χ0) is 10.3. The Morgan fingerprint density at radius 1 is 1.43 bits per heavy atom. The molecule has 0 fully saturated rings. The molecule has 2 heteroatoms. The molecule has 0 saturated heterocycles. The van der Waals surface area contributed by atoms with Gasteiger partial charge in [0.05, 0.1) is 5.38 Å². The molecule has 1 aromatic rings. The molecule has 0 bridgehead atoms. The molecule has 2 rings (SSSR count). The van der Waals surface area contributed by atoms with Gasteiger partial charge in [-0.3, -0.25) is 0 Å². The van der Waals surface area contributed by atoms with Crippen molar-refractivity contribution in [1.82, 2.24) is 0 Å². The van der Waals surface area contributed by atoms with Crippen LogP contribution in [0.3, 0.4) is 0 Å². The molecule has 1 unspecified atom stereocenters. The van der Waals surface area contributed by atoms with E-state index in [2.05, 4.69) is 32.9 Å². The first-order valence-corrected chi connectivity index (χ1v) is 5.35. The largest absolute Gasteiger partial charge is 0.487 e. The second-order valence-corrected chi connectivity index (χ2v) is 5.10. The fourth-order valence-electron chi connectivity index (χ4n) is 1.89. The van der Waals surface area contributed by atoms with E-state index in [1.807, 2.05) is 6.07 Å². The van der Waals surface area contributed by atoms with Crippen LogP contribution in [0.4, 0.5) is 0 Å². The van der Waals surface area contributed by atoms with Crippen LogP contribution in [0.5, 0.6) is 5.75 Å². The Hall–Kier alpha value is -0.690. The summed E-state index contributed by atoms with van der Waals surface area (Å²) in [6.07, 6.45) is 0.866. The SMILES string of the molecule is Cc1ccc2c(c1)C(Cl)CC(C)(C)O2. The number of ether oxygens (including phenoxy) is 1.